The summed E-state index contributed by atoms with van der Waals surface area (Å²) in [6, 6.07) is 8.18. The van der Waals surface area contributed by atoms with E-state index in [1.807, 2.05) is 12.1 Å². The van der Waals surface area contributed by atoms with Gasteiger partial charge in [-0.2, -0.15) is 5.26 Å². The van der Waals surface area contributed by atoms with Crippen LogP contribution in [-0.4, -0.2) is 6.04 Å². The van der Waals surface area contributed by atoms with Crippen molar-refractivity contribution in [3.63, 3.8) is 0 Å². The Kier molecular flexibility index (Phi) is 2.97. The second-order valence-corrected chi connectivity index (χ2v) is 5.49. The number of rotatable bonds is 2. The van der Waals surface area contributed by atoms with Gasteiger partial charge in [0.2, 0.25) is 0 Å². The van der Waals surface area contributed by atoms with Gasteiger partial charge in [-0.15, -0.1) is 0 Å². The quantitative estimate of drug-likeness (QED) is 0.766. The molecule has 3 nitrogen and oxygen atoms in total. The van der Waals surface area contributed by atoms with E-state index in [0.29, 0.717) is 22.7 Å². The first-order chi connectivity index (χ1) is 8.03. The molecule has 3 heteroatoms. The molecule has 0 radical (unpaired) electrons. The van der Waals surface area contributed by atoms with Crippen LogP contribution in [0, 0.1) is 16.7 Å². The number of anilines is 2. The third-order valence-corrected chi connectivity index (χ3v) is 3.77. The lowest BCUT2D eigenvalue weighted by atomic mass is 9.87. The number of nitrogens with two attached hydrogens (primary N) is 1. The minimum atomic E-state index is 0.328. The first-order valence-electron chi connectivity index (χ1n) is 6.09. The number of hydrogen-bond donors (Lipinski definition) is 2. The molecule has 3 N–H and O–H groups in total. The summed E-state index contributed by atoms with van der Waals surface area (Å²) in [5.74, 6) is 0. The van der Waals surface area contributed by atoms with E-state index >= 15 is 0 Å². The molecule has 0 saturated heterocycles. The topological polar surface area (TPSA) is 61.8 Å². The maximum Gasteiger partial charge on any atom is 0.101 e. The molecule has 0 spiro atoms. The molecule has 1 saturated carbocycles. The van der Waals surface area contributed by atoms with E-state index in [4.69, 9.17) is 11.0 Å². The molecule has 0 bridgehead atoms. The average Bonchev–Trinajstić information content (AvgIpc) is 2.61. The molecule has 1 aromatic rings. The van der Waals surface area contributed by atoms with Crippen LogP contribution in [0.2, 0.25) is 0 Å². The predicted octanol–water partition coefficient (Wildman–Crippen LogP) is 3.13. The molecule has 1 aliphatic rings. The molecule has 17 heavy (non-hydrogen) atoms. The summed E-state index contributed by atoms with van der Waals surface area (Å²) in [6.07, 6.45) is 3.72. The summed E-state index contributed by atoms with van der Waals surface area (Å²) >= 11 is 0. The average molecular weight is 229 g/mol. The molecule has 0 heterocycles. The molecular formula is C14H19N3. The summed E-state index contributed by atoms with van der Waals surface area (Å²) in [7, 11) is 0. The Morgan fingerprint density at radius 1 is 1.47 bits per heavy atom. The highest BCUT2D eigenvalue weighted by molar-refractivity contribution is 5.62. The molecule has 1 fully saturated rings. The predicted molar refractivity (Wildman–Crippen MR) is 70.6 cm³/mol. The van der Waals surface area contributed by atoms with Gasteiger partial charge in [0.1, 0.15) is 6.07 Å². The van der Waals surface area contributed by atoms with Crippen molar-refractivity contribution in [1.29, 1.82) is 5.26 Å². The zero-order valence-electron chi connectivity index (χ0n) is 10.5. The fourth-order valence-electron chi connectivity index (χ4n) is 2.54. The van der Waals surface area contributed by atoms with Crippen LogP contribution in [0.5, 0.6) is 0 Å². The zero-order chi connectivity index (χ0) is 12.5. The van der Waals surface area contributed by atoms with E-state index in [-0.39, 0.29) is 0 Å². The fourth-order valence-corrected chi connectivity index (χ4v) is 2.54. The van der Waals surface area contributed by atoms with Crippen molar-refractivity contribution >= 4 is 11.4 Å². The van der Waals surface area contributed by atoms with Gasteiger partial charge in [-0.1, -0.05) is 20.3 Å². The van der Waals surface area contributed by atoms with Crippen LogP contribution in [0.1, 0.15) is 38.7 Å². The van der Waals surface area contributed by atoms with Gasteiger partial charge in [0.05, 0.1) is 5.56 Å². The summed E-state index contributed by atoms with van der Waals surface area (Å²) in [4.78, 5) is 0. The van der Waals surface area contributed by atoms with Crippen LogP contribution in [0.4, 0.5) is 11.4 Å². The summed E-state index contributed by atoms with van der Waals surface area (Å²) in [5.41, 5.74) is 8.13. The van der Waals surface area contributed by atoms with Crippen LogP contribution in [0.15, 0.2) is 18.2 Å². The van der Waals surface area contributed by atoms with E-state index in [2.05, 4.69) is 25.2 Å². The summed E-state index contributed by atoms with van der Waals surface area (Å²) in [6.45, 7) is 4.58. The van der Waals surface area contributed by atoms with Crippen molar-refractivity contribution in [3.05, 3.63) is 23.8 Å². The molecule has 1 atom stereocenters. The number of nitrogens with zero attached hydrogens (tertiary/aromatic N) is 1. The molecule has 1 unspecified atom stereocenters. The number of nitrogen functional groups attached to an aromatic ring is 1. The van der Waals surface area contributed by atoms with Crippen LogP contribution in [0.25, 0.3) is 0 Å². The normalized spacial score (nSPS) is 22.1. The van der Waals surface area contributed by atoms with Gasteiger partial charge in [0, 0.05) is 17.4 Å². The zero-order valence-corrected chi connectivity index (χ0v) is 10.5. The molecular weight excluding hydrogens is 210 g/mol. The van der Waals surface area contributed by atoms with Crippen molar-refractivity contribution in [1.82, 2.24) is 0 Å². The molecule has 1 aromatic carbocycles. The van der Waals surface area contributed by atoms with Crippen LogP contribution >= 0.6 is 0 Å². The largest absolute Gasteiger partial charge is 0.398 e. The third kappa shape index (κ3) is 2.36. The number of benzene rings is 1. The van der Waals surface area contributed by atoms with Gasteiger partial charge < -0.3 is 11.1 Å². The van der Waals surface area contributed by atoms with E-state index in [1.165, 1.54) is 19.3 Å². The maximum absolute atomic E-state index is 8.95. The van der Waals surface area contributed by atoms with E-state index in [1.54, 1.807) is 6.07 Å². The Hall–Kier alpha value is -1.69. The molecule has 1 aliphatic carbocycles. The minimum Gasteiger partial charge on any atom is -0.398 e. The number of nitrogens with one attached hydrogen (secondary N) is 1. The van der Waals surface area contributed by atoms with Crippen molar-refractivity contribution in [2.75, 3.05) is 11.1 Å². The van der Waals surface area contributed by atoms with Gasteiger partial charge >= 0.3 is 0 Å². The van der Waals surface area contributed by atoms with Crippen molar-refractivity contribution in [3.8, 4) is 6.07 Å². The second kappa shape index (κ2) is 4.29. The number of nitriles is 1. The van der Waals surface area contributed by atoms with E-state index in [0.717, 1.165) is 5.69 Å². The van der Waals surface area contributed by atoms with Crippen LogP contribution < -0.4 is 11.1 Å². The highest BCUT2D eigenvalue weighted by Gasteiger charge is 2.34. The summed E-state index contributed by atoms with van der Waals surface area (Å²) in [5, 5.41) is 12.5. The Labute approximate surface area is 103 Å². The third-order valence-electron chi connectivity index (χ3n) is 3.77. The first-order valence-corrected chi connectivity index (χ1v) is 6.09. The minimum absolute atomic E-state index is 0.328. The van der Waals surface area contributed by atoms with Gasteiger partial charge in [-0.05, 0) is 36.5 Å². The monoisotopic (exact) mass is 229 g/mol. The van der Waals surface area contributed by atoms with Crippen LogP contribution in [0.3, 0.4) is 0 Å². The van der Waals surface area contributed by atoms with Gasteiger partial charge in [0.25, 0.3) is 0 Å². The van der Waals surface area contributed by atoms with Crippen molar-refractivity contribution in [2.45, 2.75) is 39.2 Å². The van der Waals surface area contributed by atoms with Gasteiger partial charge in [-0.3, -0.25) is 0 Å². The molecule has 2 rings (SSSR count). The Bertz CT molecular complexity index is 457. The molecule has 0 aromatic heterocycles. The lowest BCUT2D eigenvalue weighted by Gasteiger charge is -2.28. The highest BCUT2D eigenvalue weighted by Crippen LogP contribution is 2.39. The lowest BCUT2D eigenvalue weighted by molar-refractivity contribution is 0.350. The Morgan fingerprint density at radius 3 is 2.82 bits per heavy atom. The van der Waals surface area contributed by atoms with E-state index in [9.17, 15) is 0 Å². The Balaban J connectivity index is 2.17. The second-order valence-electron chi connectivity index (χ2n) is 5.49. The van der Waals surface area contributed by atoms with Gasteiger partial charge in [0.15, 0.2) is 0 Å². The summed E-state index contributed by atoms with van der Waals surface area (Å²) < 4.78 is 0. The SMILES string of the molecule is CC1(C)CCCC1Nc1ccc(N)c(C#N)c1. The number of hydrogen-bond acceptors (Lipinski definition) is 3. The highest BCUT2D eigenvalue weighted by atomic mass is 14.9. The Morgan fingerprint density at radius 2 is 2.24 bits per heavy atom. The first kappa shape index (κ1) is 11.8. The van der Waals surface area contributed by atoms with Gasteiger partial charge in [-0.25, -0.2) is 0 Å². The van der Waals surface area contributed by atoms with Crippen molar-refractivity contribution < 1.29 is 0 Å². The fraction of sp³-hybridized carbons (Fsp3) is 0.500. The maximum atomic E-state index is 8.95. The molecule has 0 amide bonds. The lowest BCUT2D eigenvalue weighted by Crippen LogP contribution is -2.30. The standard InChI is InChI=1S/C14H19N3/c1-14(2)7-3-4-13(14)17-11-5-6-12(16)10(8-11)9-15/h5-6,8,13,17H,3-4,7,16H2,1-2H3. The molecule has 90 valence electrons. The van der Waals surface area contributed by atoms with E-state index < -0.39 is 0 Å². The molecule has 0 aliphatic heterocycles. The smallest absolute Gasteiger partial charge is 0.101 e. The van der Waals surface area contributed by atoms with Crippen molar-refractivity contribution in [2.24, 2.45) is 5.41 Å². The van der Waals surface area contributed by atoms with Crippen LogP contribution in [-0.2, 0) is 0 Å².